The summed E-state index contributed by atoms with van der Waals surface area (Å²) in [6.07, 6.45) is 8.13. The quantitative estimate of drug-likeness (QED) is 0.798. The van der Waals surface area contributed by atoms with E-state index in [0.29, 0.717) is 17.4 Å². The van der Waals surface area contributed by atoms with E-state index in [2.05, 4.69) is 24.4 Å². The second kappa shape index (κ2) is 6.62. The third-order valence-corrected chi connectivity index (χ3v) is 3.79. The highest BCUT2D eigenvalue weighted by Crippen LogP contribution is 2.28. The van der Waals surface area contributed by atoms with Crippen LogP contribution in [0.1, 0.15) is 37.8 Å². The predicted molar refractivity (Wildman–Crippen MR) is 77.6 cm³/mol. The fourth-order valence-electron chi connectivity index (χ4n) is 2.51. The standard InChI is InChI=1S/C16H23NO2/c1-12(17-11-13-6-4-3-5-7-13)15-9-8-14(19-2)10-16(15)18/h3-4,8-10,12-13,17-18H,5-7,11H2,1-2H3. The van der Waals surface area contributed by atoms with Crippen LogP contribution >= 0.6 is 0 Å². The highest BCUT2D eigenvalue weighted by Gasteiger charge is 2.14. The molecule has 0 amide bonds. The summed E-state index contributed by atoms with van der Waals surface area (Å²) < 4.78 is 5.10. The topological polar surface area (TPSA) is 41.5 Å². The first-order chi connectivity index (χ1) is 9.20. The van der Waals surface area contributed by atoms with E-state index in [1.165, 1.54) is 12.8 Å². The number of phenols is 1. The van der Waals surface area contributed by atoms with Gasteiger partial charge in [-0.3, -0.25) is 0 Å². The summed E-state index contributed by atoms with van der Waals surface area (Å²) in [6, 6.07) is 5.62. The van der Waals surface area contributed by atoms with Crippen molar-refractivity contribution >= 4 is 0 Å². The minimum Gasteiger partial charge on any atom is -0.507 e. The van der Waals surface area contributed by atoms with Gasteiger partial charge in [-0.15, -0.1) is 0 Å². The lowest BCUT2D eigenvalue weighted by atomic mass is 9.94. The van der Waals surface area contributed by atoms with Gasteiger partial charge in [-0.1, -0.05) is 18.2 Å². The molecule has 2 N–H and O–H groups in total. The number of nitrogens with one attached hydrogen (secondary N) is 1. The van der Waals surface area contributed by atoms with E-state index in [9.17, 15) is 5.11 Å². The largest absolute Gasteiger partial charge is 0.507 e. The summed E-state index contributed by atoms with van der Waals surface area (Å²) in [5.41, 5.74) is 0.923. The van der Waals surface area contributed by atoms with Crippen molar-refractivity contribution in [3.8, 4) is 11.5 Å². The summed E-state index contributed by atoms with van der Waals surface area (Å²) in [5.74, 6) is 1.70. The van der Waals surface area contributed by atoms with Crippen LogP contribution < -0.4 is 10.1 Å². The molecule has 1 aliphatic carbocycles. The zero-order valence-electron chi connectivity index (χ0n) is 11.7. The molecule has 0 heterocycles. The molecule has 0 fully saturated rings. The molecule has 104 valence electrons. The Labute approximate surface area is 115 Å². The number of rotatable bonds is 5. The molecule has 0 radical (unpaired) electrons. The number of aromatic hydroxyl groups is 1. The van der Waals surface area contributed by atoms with Crippen molar-refractivity contribution in [2.75, 3.05) is 13.7 Å². The first-order valence-electron chi connectivity index (χ1n) is 6.96. The molecule has 19 heavy (non-hydrogen) atoms. The van der Waals surface area contributed by atoms with E-state index in [4.69, 9.17) is 4.74 Å². The summed E-state index contributed by atoms with van der Waals surface area (Å²) in [5, 5.41) is 13.5. The van der Waals surface area contributed by atoms with Crippen molar-refractivity contribution in [3.05, 3.63) is 35.9 Å². The molecule has 0 aromatic heterocycles. The summed E-state index contributed by atoms with van der Waals surface area (Å²) in [7, 11) is 1.60. The van der Waals surface area contributed by atoms with Gasteiger partial charge in [0, 0.05) is 17.7 Å². The normalized spacial score (nSPS) is 20.2. The molecular formula is C16H23NO2. The van der Waals surface area contributed by atoms with Crippen molar-refractivity contribution in [2.24, 2.45) is 5.92 Å². The smallest absolute Gasteiger partial charge is 0.124 e. The Kier molecular flexibility index (Phi) is 4.86. The second-order valence-corrected chi connectivity index (χ2v) is 5.21. The van der Waals surface area contributed by atoms with Gasteiger partial charge in [0.15, 0.2) is 0 Å². The zero-order chi connectivity index (χ0) is 13.7. The van der Waals surface area contributed by atoms with Crippen molar-refractivity contribution < 1.29 is 9.84 Å². The van der Waals surface area contributed by atoms with Crippen LogP contribution in [0.15, 0.2) is 30.4 Å². The second-order valence-electron chi connectivity index (χ2n) is 5.21. The Morgan fingerprint density at radius 3 is 2.89 bits per heavy atom. The zero-order valence-corrected chi connectivity index (χ0v) is 11.7. The van der Waals surface area contributed by atoms with Gasteiger partial charge in [0.1, 0.15) is 11.5 Å². The Morgan fingerprint density at radius 1 is 1.42 bits per heavy atom. The van der Waals surface area contributed by atoms with Crippen LogP contribution in [-0.2, 0) is 0 Å². The molecule has 1 aromatic carbocycles. The molecule has 0 spiro atoms. The van der Waals surface area contributed by atoms with Crippen LogP contribution in [0.3, 0.4) is 0 Å². The number of allylic oxidation sites excluding steroid dienone is 2. The van der Waals surface area contributed by atoms with Crippen molar-refractivity contribution in [3.63, 3.8) is 0 Å². The third kappa shape index (κ3) is 3.74. The Hall–Kier alpha value is -1.48. The monoisotopic (exact) mass is 261 g/mol. The van der Waals surface area contributed by atoms with Gasteiger partial charge in [-0.2, -0.15) is 0 Å². The molecule has 2 rings (SSSR count). The molecule has 2 atom stereocenters. The van der Waals surface area contributed by atoms with Crippen LogP contribution in [-0.4, -0.2) is 18.8 Å². The first kappa shape index (κ1) is 13.9. The molecule has 3 nitrogen and oxygen atoms in total. The van der Waals surface area contributed by atoms with Crippen LogP contribution in [0, 0.1) is 5.92 Å². The Bertz CT molecular complexity index is 442. The molecule has 0 saturated heterocycles. The SMILES string of the molecule is COc1ccc(C(C)NCC2CC=CCC2)c(O)c1. The lowest BCUT2D eigenvalue weighted by Crippen LogP contribution is -2.26. The molecule has 1 aliphatic rings. The first-order valence-corrected chi connectivity index (χ1v) is 6.96. The molecule has 0 bridgehead atoms. The van der Waals surface area contributed by atoms with Gasteiger partial charge in [0.2, 0.25) is 0 Å². The van der Waals surface area contributed by atoms with Crippen molar-refractivity contribution in [1.29, 1.82) is 0 Å². The Balaban J connectivity index is 1.92. The molecule has 0 aliphatic heterocycles. The summed E-state index contributed by atoms with van der Waals surface area (Å²) >= 11 is 0. The van der Waals surface area contributed by atoms with Crippen LogP contribution in [0.5, 0.6) is 11.5 Å². The highest BCUT2D eigenvalue weighted by atomic mass is 16.5. The van der Waals surface area contributed by atoms with E-state index >= 15 is 0 Å². The summed E-state index contributed by atoms with van der Waals surface area (Å²) in [4.78, 5) is 0. The van der Waals surface area contributed by atoms with Gasteiger partial charge in [-0.25, -0.2) is 0 Å². The van der Waals surface area contributed by atoms with E-state index in [1.54, 1.807) is 13.2 Å². The molecule has 3 heteroatoms. The maximum atomic E-state index is 10.00. The number of hydrogen-bond acceptors (Lipinski definition) is 3. The van der Waals surface area contributed by atoms with E-state index in [-0.39, 0.29) is 6.04 Å². The van der Waals surface area contributed by atoms with Gasteiger partial charge >= 0.3 is 0 Å². The van der Waals surface area contributed by atoms with Crippen molar-refractivity contribution in [2.45, 2.75) is 32.2 Å². The number of methoxy groups -OCH3 is 1. The lowest BCUT2D eigenvalue weighted by Gasteiger charge is -2.22. The lowest BCUT2D eigenvalue weighted by molar-refractivity contribution is 0.394. The number of hydrogen-bond donors (Lipinski definition) is 2. The van der Waals surface area contributed by atoms with E-state index in [1.807, 2.05) is 12.1 Å². The maximum Gasteiger partial charge on any atom is 0.124 e. The number of phenolic OH excluding ortho intramolecular Hbond substituents is 1. The van der Waals surface area contributed by atoms with Gasteiger partial charge in [0.05, 0.1) is 7.11 Å². The molecule has 1 aromatic rings. The van der Waals surface area contributed by atoms with Gasteiger partial charge in [-0.05, 0) is 44.7 Å². The highest BCUT2D eigenvalue weighted by molar-refractivity contribution is 5.41. The predicted octanol–water partition coefficient (Wildman–Crippen LogP) is 3.41. The van der Waals surface area contributed by atoms with E-state index in [0.717, 1.165) is 18.5 Å². The molecule has 0 saturated carbocycles. The fraction of sp³-hybridized carbons (Fsp3) is 0.500. The van der Waals surface area contributed by atoms with E-state index < -0.39 is 0 Å². The minimum atomic E-state index is 0.150. The Morgan fingerprint density at radius 2 is 2.26 bits per heavy atom. The van der Waals surface area contributed by atoms with Gasteiger partial charge < -0.3 is 15.2 Å². The average molecular weight is 261 g/mol. The fourth-order valence-corrected chi connectivity index (χ4v) is 2.51. The van der Waals surface area contributed by atoms with Crippen LogP contribution in [0.4, 0.5) is 0 Å². The van der Waals surface area contributed by atoms with Crippen LogP contribution in [0.2, 0.25) is 0 Å². The average Bonchev–Trinajstić information content (AvgIpc) is 2.45. The molecule has 2 unspecified atom stereocenters. The minimum absolute atomic E-state index is 0.150. The van der Waals surface area contributed by atoms with Crippen molar-refractivity contribution in [1.82, 2.24) is 5.32 Å². The maximum absolute atomic E-state index is 10.00. The van der Waals surface area contributed by atoms with Gasteiger partial charge in [0.25, 0.3) is 0 Å². The molecular weight excluding hydrogens is 238 g/mol. The number of benzene rings is 1. The third-order valence-electron chi connectivity index (χ3n) is 3.79. The summed E-state index contributed by atoms with van der Waals surface area (Å²) in [6.45, 7) is 3.08. The van der Waals surface area contributed by atoms with Crippen LogP contribution in [0.25, 0.3) is 0 Å². The number of ether oxygens (including phenoxy) is 1.